The summed E-state index contributed by atoms with van der Waals surface area (Å²) in [6, 6.07) is 11.5. The summed E-state index contributed by atoms with van der Waals surface area (Å²) in [6.45, 7) is -1.26. The Morgan fingerprint density at radius 1 is 1.15 bits per heavy atom. The van der Waals surface area contributed by atoms with E-state index in [0.717, 1.165) is 15.7 Å². The monoisotopic (exact) mass is 584 g/mol. The van der Waals surface area contributed by atoms with Gasteiger partial charge in [-0.2, -0.15) is 0 Å². The number of aliphatic hydroxyl groups is 1. The number of aromatic nitrogens is 1. The number of likely N-dealkylation sites (N-methyl/N-ethyl adjacent to an activating group) is 1. The molecule has 5 N–H and O–H groups in total. The zero-order valence-corrected chi connectivity index (χ0v) is 22.3. The molecule has 0 aliphatic rings. The van der Waals surface area contributed by atoms with Crippen molar-refractivity contribution in [1.82, 2.24) is 15.2 Å². The summed E-state index contributed by atoms with van der Waals surface area (Å²) in [5.41, 5.74) is 0.323. The highest BCUT2D eigenvalue weighted by molar-refractivity contribution is 7.46. The van der Waals surface area contributed by atoms with Crippen LogP contribution in [0.3, 0.4) is 0 Å². The second-order valence-electron chi connectivity index (χ2n) is 8.45. The van der Waals surface area contributed by atoms with Crippen LogP contribution in [0.2, 0.25) is 5.02 Å². The first-order valence-electron chi connectivity index (χ1n) is 11.5. The van der Waals surface area contributed by atoms with E-state index in [0.29, 0.717) is 5.56 Å². The molecule has 12 nitrogen and oxygen atoms in total. The summed E-state index contributed by atoms with van der Waals surface area (Å²) >= 11 is 5.92. The number of carbonyl (C=O) groups excluding carboxylic acids is 2. The maximum absolute atomic E-state index is 13.7. The lowest BCUT2D eigenvalue weighted by molar-refractivity contribution is 0.0452. The predicted molar refractivity (Wildman–Crippen MR) is 141 cm³/mol. The van der Waals surface area contributed by atoms with Crippen molar-refractivity contribution in [2.24, 2.45) is 0 Å². The third-order valence-electron chi connectivity index (χ3n) is 5.58. The van der Waals surface area contributed by atoms with Gasteiger partial charge in [-0.15, -0.1) is 0 Å². The van der Waals surface area contributed by atoms with Crippen LogP contribution < -0.4 is 10.6 Å². The molecule has 15 heteroatoms. The third kappa shape index (κ3) is 9.43. The van der Waals surface area contributed by atoms with Gasteiger partial charge in [0.1, 0.15) is 18.2 Å². The number of carbonyl (C=O) groups is 2. The first-order chi connectivity index (χ1) is 18.4. The number of amides is 3. The summed E-state index contributed by atoms with van der Waals surface area (Å²) in [5.74, 6) is -0.425. The number of ether oxygens (including phenoxy) is 1. The topological polar surface area (TPSA) is 171 Å². The molecule has 1 aromatic heterocycles. The molecule has 2 aromatic carbocycles. The van der Waals surface area contributed by atoms with Gasteiger partial charge in [0.2, 0.25) is 0 Å². The molecule has 3 amide bonds. The number of pyridine rings is 1. The Morgan fingerprint density at radius 3 is 2.59 bits per heavy atom. The van der Waals surface area contributed by atoms with Crippen molar-refractivity contribution in [3.8, 4) is 0 Å². The van der Waals surface area contributed by atoms with E-state index in [2.05, 4.69) is 20.1 Å². The summed E-state index contributed by atoms with van der Waals surface area (Å²) in [6.07, 6.45) is -1.01. The van der Waals surface area contributed by atoms with Crippen molar-refractivity contribution >= 4 is 48.1 Å². The average Bonchev–Trinajstić information content (AvgIpc) is 2.89. The molecule has 0 unspecified atom stereocenters. The fourth-order valence-electron chi connectivity index (χ4n) is 3.51. The van der Waals surface area contributed by atoms with Crippen LogP contribution in [-0.4, -0.2) is 69.3 Å². The van der Waals surface area contributed by atoms with Crippen molar-refractivity contribution < 1.29 is 42.7 Å². The number of rotatable bonds is 11. The Hall–Kier alpha value is -3.32. The normalized spacial score (nSPS) is 13.0. The first-order valence-corrected chi connectivity index (χ1v) is 13.4. The van der Waals surface area contributed by atoms with Crippen molar-refractivity contribution in [3.05, 3.63) is 71.1 Å². The van der Waals surface area contributed by atoms with E-state index in [9.17, 15) is 23.7 Å². The highest BCUT2D eigenvalue weighted by atomic mass is 35.5. The maximum atomic E-state index is 13.7. The minimum atomic E-state index is -4.85. The molecule has 39 heavy (non-hydrogen) atoms. The molecule has 0 aliphatic carbocycles. The molecule has 0 aliphatic heterocycles. The van der Waals surface area contributed by atoms with Gasteiger partial charge in [0, 0.05) is 25.2 Å². The Morgan fingerprint density at radius 2 is 1.87 bits per heavy atom. The third-order valence-corrected chi connectivity index (χ3v) is 6.49. The van der Waals surface area contributed by atoms with E-state index < -0.39 is 51.1 Å². The van der Waals surface area contributed by atoms with Crippen molar-refractivity contribution in [3.63, 3.8) is 0 Å². The van der Waals surface area contributed by atoms with E-state index in [-0.39, 0.29) is 23.8 Å². The van der Waals surface area contributed by atoms with E-state index in [4.69, 9.17) is 26.1 Å². The minimum absolute atomic E-state index is 0.120. The first kappa shape index (κ1) is 30.2. The van der Waals surface area contributed by atoms with Gasteiger partial charge in [-0.25, -0.2) is 23.5 Å². The molecule has 0 bridgehead atoms. The average molecular weight is 585 g/mol. The molecule has 0 spiro atoms. The molecular formula is C24H27ClFN4O8P. The molecule has 2 atom stereocenters. The number of anilines is 1. The van der Waals surface area contributed by atoms with Crippen molar-refractivity contribution in [1.29, 1.82) is 0 Å². The molecule has 0 saturated heterocycles. The largest absolute Gasteiger partial charge is 0.469 e. The van der Waals surface area contributed by atoms with Gasteiger partial charge in [-0.3, -0.25) is 9.84 Å². The number of fused-ring (bicyclic) bond motifs is 1. The van der Waals surface area contributed by atoms with Gasteiger partial charge in [-0.1, -0.05) is 48.0 Å². The maximum Gasteiger partial charge on any atom is 0.469 e. The standard InChI is InChI=1S/C24H27ClFN4O8P/c1-30(23(32)28-12-17-7-4-8-20(26)22(17)25)18(10-19(31)14-38-39(34,35)36)13-37-24(33)29-21-9-15-5-2-3-6-16(15)11-27-21/h2-9,11,18-19,31H,10,12-14H2,1H3,(H,28,32)(H,27,29,33)(H2,34,35,36)/t18-,19-/m0/s1. The van der Waals surface area contributed by atoms with Gasteiger partial charge in [0.25, 0.3) is 0 Å². The second-order valence-corrected chi connectivity index (χ2v) is 10.1. The lowest BCUT2D eigenvalue weighted by Crippen LogP contribution is -2.47. The Bertz CT molecular complexity index is 1360. The quantitative estimate of drug-likeness (QED) is 0.211. The van der Waals surface area contributed by atoms with Crippen LogP contribution in [0.4, 0.5) is 19.8 Å². The van der Waals surface area contributed by atoms with Gasteiger partial charge < -0.3 is 29.8 Å². The lowest BCUT2D eigenvalue weighted by atomic mass is 10.1. The van der Waals surface area contributed by atoms with E-state index >= 15 is 0 Å². The van der Waals surface area contributed by atoms with Crippen LogP contribution in [0.25, 0.3) is 10.8 Å². The zero-order chi connectivity index (χ0) is 28.6. The summed E-state index contributed by atoms with van der Waals surface area (Å²) < 4.78 is 34.2. The number of halogens is 2. The van der Waals surface area contributed by atoms with Crippen LogP contribution >= 0.6 is 19.4 Å². The Balaban J connectivity index is 1.64. The van der Waals surface area contributed by atoms with Crippen LogP contribution in [-0.2, 0) is 20.4 Å². The molecule has 0 saturated carbocycles. The van der Waals surface area contributed by atoms with E-state index in [1.807, 2.05) is 24.3 Å². The van der Waals surface area contributed by atoms with Gasteiger partial charge >= 0.3 is 19.9 Å². The molecular weight excluding hydrogens is 558 g/mol. The van der Waals surface area contributed by atoms with Gasteiger partial charge in [-0.05, 0) is 29.5 Å². The summed E-state index contributed by atoms with van der Waals surface area (Å²) in [4.78, 5) is 48.3. The summed E-state index contributed by atoms with van der Waals surface area (Å²) in [5, 5.41) is 16.8. The Labute approximate surface area is 227 Å². The molecule has 0 radical (unpaired) electrons. The zero-order valence-electron chi connectivity index (χ0n) is 20.7. The fourth-order valence-corrected chi connectivity index (χ4v) is 4.07. The lowest BCUT2D eigenvalue weighted by Gasteiger charge is -2.29. The molecule has 3 rings (SSSR count). The van der Waals surface area contributed by atoms with Crippen LogP contribution in [0, 0.1) is 5.82 Å². The van der Waals surface area contributed by atoms with Crippen LogP contribution in [0.1, 0.15) is 12.0 Å². The Kier molecular flexibility index (Phi) is 10.6. The SMILES string of the molecule is CN(C(=O)NCc1cccc(F)c1Cl)[C@H](COC(=O)Nc1cc2ccccc2cn1)C[C@H](O)COP(=O)(O)O. The van der Waals surface area contributed by atoms with Crippen molar-refractivity contribution in [2.45, 2.75) is 25.1 Å². The number of hydrogen-bond acceptors (Lipinski definition) is 7. The van der Waals surface area contributed by atoms with Crippen LogP contribution in [0.15, 0.2) is 54.7 Å². The number of benzene rings is 2. The highest BCUT2D eigenvalue weighted by Gasteiger charge is 2.26. The number of phosphoric acid groups is 1. The van der Waals surface area contributed by atoms with Crippen LogP contribution in [0.5, 0.6) is 0 Å². The molecule has 3 aromatic rings. The molecule has 210 valence electrons. The molecule has 1 heterocycles. The van der Waals surface area contributed by atoms with Gasteiger partial charge in [0.05, 0.1) is 23.8 Å². The number of phosphoric ester groups is 1. The van der Waals surface area contributed by atoms with E-state index in [1.54, 1.807) is 12.3 Å². The van der Waals surface area contributed by atoms with Gasteiger partial charge in [0.15, 0.2) is 0 Å². The van der Waals surface area contributed by atoms with E-state index in [1.165, 1.54) is 25.2 Å². The number of nitrogens with one attached hydrogen (secondary N) is 2. The number of aliphatic hydroxyl groups excluding tert-OH is 1. The van der Waals surface area contributed by atoms with Crippen molar-refractivity contribution in [2.75, 3.05) is 25.6 Å². The number of urea groups is 1. The number of hydrogen-bond donors (Lipinski definition) is 5. The number of nitrogens with zero attached hydrogens (tertiary/aromatic N) is 2. The predicted octanol–water partition coefficient (Wildman–Crippen LogP) is 3.65. The fraction of sp³-hybridized carbons (Fsp3) is 0.292. The minimum Gasteiger partial charge on any atom is -0.447 e. The highest BCUT2D eigenvalue weighted by Crippen LogP contribution is 2.36. The smallest absolute Gasteiger partial charge is 0.447 e. The summed E-state index contributed by atoms with van der Waals surface area (Å²) in [7, 11) is -3.49. The second kappa shape index (κ2) is 13.7. The molecule has 0 fully saturated rings.